The van der Waals surface area contributed by atoms with Gasteiger partial charge in [-0.15, -0.1) is 0 Å². The standard InChI is InChI=1S/C18H18FN3O3/c1-22-15(23)11-25-17(16(22)13-7-2-3-8-14(13)19)18(24)21-10-12-6-4-5-9-20-12/h2-9,16-17H,10-11H2,1H3,(H,21,24)/t16-,17+/m1/s1. The van der Waals surface area contributed by atoms with Crippen LogP contribution in [0.3, 0.4) is 0 Å². The molecule has 0 aliphatic carbocycles. The van der Waals surface area contributed by atoms with E-state index in [4.69, 9.17) is 4.74 Å². The highest BCUT2D eigenvalue weighted by atomic mass is 19.1. The van der Waals surface area contributed by atoms with Crippen molar-refractivity contribution in [2.45, 2.75) is 18.7 Å². The number of nitrogens with zero attached hydrogens (tertiary/aromatic N) is 2. The SMILES string of the molecule is CN1C(=O)CO[C@H](C(=O)NCc2ccccn2)[C@H]1c1ccccc1F. The zero-order valence-corrected chi connectivity index (χ0v) is 13.7. The number of aromatic nitrogens is 1. The minimum atomic E-state index is -0.997. The highest BCUT2D eigenvalue weighted by Gasteiger charge is 2.41. The third kappa shape index (κ3) is 3.66. The smallest absolute Gasteiger partial charge is 0.252 e. The Bertz CT molecular complexity index is 769. The van der Waals surface area contributed by atoms with Gasteiger partial charge in [0.25, 0.3) is 5.91 Å². The van der Waals surface area contributed by atoms with Crippen LogP contribution in [0.15, 0.2) is 48.7 Å². The summed E-state index contributed by atoms with van der Waals surface area (Å²) >= 11 is 0. The van der Waals surface area contributed by atoms with Gasteiger partial charge in [-0.2, -0.15) is 0 Å². The number of carbonyl (C=O) groups excluding carboxylic acids is 2. The first kappa shape index (κ1) is 17.0. The molecule has 130 valence electrons. The molecule has 2 amide bonds. The molecule has 0 unspecified atom stereocenters. The molecule has 1 fully saturated rings. The number of pyridine rings is 1. The van der Waals surface area contributed by atoms with Gasteiger partial charge in [-0.3, -0.25) is 14.6 Å². The normalized spacial score (nSPS) is 20.4. The summed E-state index contributed by atoms with van der Waals surface area (Å²) in [6.07, 6.45) is 0.635. The summed E-state index contributed by atoms with van der Waals surface area (Å²) in [5.41, 5.74) is 0.939. The van der Waals surface area contributed by atoms with Crippen LogP contribution in [0.1, 0.15) is 17.3 Å². The topological polar surface area (TPSA) is 71.5 Å². The van der Waals surface area contributed by atoms with Crippen LogP contribution in [-0.4, -0.2) is 41.5 Å². The summed E-state index contributed by atoms with van der Waals surface area (Å²) in [7, 11) is 1.54. The van der Waals surface area contributed by atoms with Gasteiger partial charge >= 0.3 is 0 Å². The van der Waals surface area contributed by atoms with E-state index < -0.39 is 23.9 Å². The van der Waals surface area contributed by atoms with Crippen molar-refractivity contribution >= 4 is 11.8 Å². The first-order valence-electron chi connectivity index (χ1n) is 7.87. The third-order valence-electron chi connectivity index (χ3n) is 4.14. The first-order valence-corrected chi connectivity index (χ1v) is 7.87. The van der Waals surface area contributed by atoms with Crippen molar-refractivity contribution in [3.05, 3.63) is 65.7 Å². The van der Waals surface area contributed by atoms with Crippen molar-refractivity contribution in [2.75, 3.05) is 13.7 Å². The van der Waals surface area contributed by atoms with Crippen molar-refractivity contribution in [3.63, 3.8) is 0 Å². The van der Waals surface area contributed by atoms with Crippen LogP contribution in [-0.2, 0) is 20.9 Å². The van der Waals surface area contributed by atoms with E-state index in [2.05, 4.69) is 10.3 Å². The predicted molar refractivity (Wildman–Crippen MR) is 87.7 cm³/mol. The molecule has 1 N–H and O–H groups in total. The number of amides is 2. The number of halogens is 1. The third-order valence-corrected chi connectivity index (χ3v) is 4.14. The number of likely N-dealkylation sites (N-methyl/N-ethyl adjacent to an activating group) is 1. The Kier molecular flexibility index (Phi) is 5.04. The van der Waals surface area contributed by atoms with Gasteiger partial charge in [0.1, 0.15) is 12.4 Å². The Morgan fingerprint density at radius 3 is 2.80 bits per heavy atom. The molecule has 2 atom stereocenters. The molecule has 6 nitrogen and oxygen atoms in total. The summed E-state index contributed by atoms with van der Waals surface area (Å²) in [4.78, 5) is 30.1. The van der Waals surface area contributed by atoms with Gasteiger partial charge in [0.2, 0.25) is 5.91 Å². The molecular formula is C18H18FN3O3. The van der Waals surface area contributed by atoms with Crippen molar-refractivity contribution in [1.82, 2.24) is 15.2 Å². The maximum Gasteiger partial charge on any atom is 0.252 e. The summed E-state index contributed by atoms with van der Waals surface area (Å²) < 4.78 is 19.7. The maximum atomic E-state index is 14.2. The van der Waals surface area contributed by atoms with E-state index in [0.717, 1.165) is 0 Å². The lowest BCUT2D eigenvalue weighted by molar-refractivity contribution is -0.162. The van der Waals surface area contributed by atoms with Crippen LogP contribution >= 0.6 is 0 Å². The summed E-state index contributed by atoms with van der Waals surface area (Å²) in [5, 5.41) is 2.74. The highest BCUT2D eigenvalue weighted by molar-refractivity contribution is 5.86. The lowest BCUT2D eigenvalue weighted by Crippen LogP contribution is -2.53. The lowest BCUT2D eigenvalue weighted by Gasteiger charge is -2.38. The lowest BCUT2D eigenvalue weighted by atomic mass is 9.97. The number of ether oxygens (including phenoxy) is 1. The number of rotatable bonds is 4. The predicted octanol–water partition coefficient (Wildman–Crippen LogP) is 1.44. The zero-order chi connectivity index (χ0) is 17.8. The minimum Gasteiger partial charge on any atom is -0.356 e. The molecule has 25 heavy (non-hydrogen) atoms. The summed E-state index contributed by atoms with van der Waals surface area (Å²) in [6, 6.07) is 10.6. The number of nitrogens with one attached hydrogen (secondary N) is 1. The van der Waals surface area contributed by atoms with Crippen LogP contribution in [0.5, 0.6) is 0 Å². The first-order chi connectivity index (χ1) is 12.1. The molecule has 2 heterocycles. The Morgan fingerprint density at radius 2 is 2.08 bits per heavy atom. The number of hydrogen-bond donors (Lipinski definition) is 1. The Labute approximate surface area is 144 Å². The molecule has 1 aromatic carbocycles. The van der Waals surface area contributed by atoms with Gasteiger partial charge in [0.15, 0.2) is 6.10 Å². The molecule has 1 aliphatic rings. The van der Waals surface area contributed by atoms with E-state index in [0.29, 0.717) is 5.69 Å². The molecule has 1 saturated heterocycles. The van der Waals surface area contributed by atoms with Crippen LogP contribution in [0.25, 0.3) is 0 Å². The second-order valence-corrected chi connectivity index (χ2v) is 5.74. The molecule has 0 saturated carbocycles. The largest absolute Gasteiger partial charge is 0.356 e. The summed E-state index contributed by atoms with van der Waals surface area (Å²) in [5.74, 6) is -1.21. The van der Waals surface area contributed by atoms with Crippen molar-refractivity contribution in [2.24, 2.45) is 0 Å². The molecule has 0 radical (unpaired) electrons. The maximum absolute atomic E-state index is 14.2. The van der Waals surface area contributed by atoms with E-state index in [-0.39, 0.29) is 24.6 Å². The van der Waals surface area contributed by atoms with E-state index in [1.165, 1.54) is 11.0 Å². The minimum absolute atomic E-state index is 0.219. The van der Waals surface area contributed by atoms with Crippen LogP contribution in [0, 0.1) is 5.82 Å². The highest BCUT2D eigenvalue weighted by Crippen LogP contribution is 2.30. The van der Waals surface area contributed by atoms with Gasteiger partial charge < -0.3 is 15.0 Å². The number of benzene rings is 1. The molecule has 7 heteroatoms. The van der Waals surface area contributed by atoms with Crippen LogP contribution in [0.4, 0.5) is 4.39 Å². The molecule has 3 rings (SSSR count). The van der Waals surface area contributed by atoms with E-state index >= 15 is 0 Å². The second kappa shape index (κ2) is 7.40. The molecule has 0 bridgehead atoms. The molecule has 1 aliphatic heterocycles. The molecule has 0 spiro atoms. The fourth-order valence-electron chi connectivity index (χ4n) is 2.80. The van der Waals surface area contributed by atoms with E-state index in [1.54, 1.807) is 43.6 Å². The van der Waals surface area contributed by atoms with Crippen molar-refractivity contribution < 1.29 is 18.7 Å². The van der Waals surface area contributed by atoms with Crippen molar-refractivity contribution in [1.29, 1.82) is 0 Å². The average molecular weight is 343 g/mol. The Balaban J connectivity index is 1.81. The quantitative estimate of drug-likeness (QED) is 0.912. The fraction of sp³-hybridized carbons (Fsp3) is 0.278. The van der Waals surface area contributed by atoms with Crippen LogP contribution in [0.2, 0.25) is 0 Å². The average Bonchev–Trinajstić information content (AvgIpc) is 2.63. The molecular weight excluding hydrogens is 325 g/mol. The zero-order valence-electron chi connectivity index (χ0n) is 13.7. The number of hydrogen-bond acceptors (Lipinski definition) is 4. The Hall–Kier alpha value is -2.80. The van der Waals surface area contributed by atoms with Gasteiger partial charge in [-0.25, -0.2) is 4.39 Å². The fourth-order valence-corrected chi connectivity index (χ4v) is 2.80. The van der Waals surface area contributed by atoms with E-state index in [9.17, 15) is 14.0 Å². The Morgan fingerprint density at radius 1 is 1.32 bits per heavy atom. The number of morpholine rings is 1. The van der Waals surface area contributed by atoms with Crippen molar-refractivity contribution in [3.8, 4) is 0 Å². The molecule has 2 aromatic rings. The summed E-state index contributed by atoms with van der Waals surface area (Å²) in [6.45, 7) is 0.00428. The second-order valence-electron chi connectivity index (χ2n) is 5.74. The van der Waals surface area contributed by atoms with Gasteiger partial charge in [0, 0.05) is 18.8 Å². The monoisotopic (exact) mass is 343 g/mol. The van der Waals surface area contributed by atoms with Gasteiger partial charge in [-0.1, -0.05) is 24.3 Å². The molecule has 1 aromatic heterocycles. The number of carbonyl (C=O) groups is 2. The van der Waals surface area contributed by atoms with Gasteiger partial charge in [0.05, 0.1) is 18.3 Å². The van der Waals surface area contributed by atoms with Crippen LogP contribution < -0.4 is 5.32 Å². The van der Waals surface area contributed by atoms with E-state index in [1.807, 2.05) is 6.07 Å². The van der Waals surface area contributed by atoms with Gasteiger partial charge in [-0.05, 0) is 18.2 Å².